The third-order valence-electron chi connectivity index (χ3n) is 5.04. The van der Waals surface area contributed by atoms with Crippen molar-refractivity contribution in [2.24, 2.45) is 16.6 Å². The Hall–Kier alpha value is -4.73. The van der Waals surface area contributed by atoms with E-state index in [1.54, 1.807) is 23.5 Å². The van der Waals surface area contributed by atoms with Crippen molar-refractivity contribution >= 4 is 28.5 Å². The van der Waals surface area contributed by atoms with Crippen molar-refractivity contribution in [1.29, 1.82) is 0 Å². The second kappa shape index (κ2) is 16.2. The molecule has 0 radical (unpaired) electrons. The van der Waals surface area contributed by atoms with Crippen LogP contribution in [0.4, 0.5) is 10.5 Å². The van der Waals surface area contributed by atoms with Gasteiger partial charge in [-0.1, -0.05) is 104 Å². The third-order valence-corrected chi connectivity index (χ3v) is 5.93. The fourth-order valence-corrected chi connectivity index (χ4v) is 4.06. The van der Waals surface area contributed by atoms with Gasteiger partial charge >= 0.3 is 6.03 Å². The molecule has 198 valence electrons. The van der Waals surface area contributed by atoms with Gasteiger partial charge in [-0.05, 0) is 30.0 Å². The number of carbonyl (C=O) groups excluding carboxylic acids is 1. The number of amides is 2. The Morgan fingerprint density at radius 3 is 1.90 bits per heavy atom. The van der Waals surface area contributed by atoms with E-state index in [0.717, 1.165) is 33.6 Å². The standard InChI is InChI=1S/C15H15NS.C14H11N3.CH5N3O/c1-2-17-15(13-9-5-3-6-10-13)16-14-11-7-4-8-12-14;1-3-7-12(8-4-1)14-16-15-11-17(14)13-9-5-2-6-10-13;2-1(5)4-3/h3-12H,2H2,1H3;1-11H;3H2,(H3,2,4,5). The number of rotatable bonds is 5. The summed E-state index contributed by atoms with van der Waals surface area (Å²) in [5, 5.41) is 9.25. The fourth-order valence-electron chi connectivity index (χ4n) is 3.31. The Balaban J connectivity index is 0.000000184. The molecule has 0 aliphatic heterocycles. The van der Waals surface area contributed by atoms with Gasteiger partial charge in [0.05, 0.1) is 5.69 Å². The molecular weight excluding hydrogens is 506 g/mol. The van der Waals surface area contributed by atoms with Crippen LogP contribution in [-0.2, 0) is 0 Å². The molecule has 0 fully saturated rings. The average Bonchev–Trinajstić information content (AvgIpc) is 3.50. The number of hydrogen-bond donors (Lipinski definition) is 3. The Morgan fingerprint density at radius 2 is 1.36 bits per heavy atom. The van der Waals surface area contributed by atoms with Crippen molar-refractivity contribution in [1.82, 2.24) is 20.2 Å². The molecule has 1 heterocycles. The molecule has 0 aliphatic carbocycles. The zero-order valence-corrected chi connectivity index (χ0v) is 22.4. The van der Waals surface area contributed by atoms with Crippen LogP contribution >= 0.6 is 11.8 Å². The lowest BCUT2D eigenvalue weighted by molar-refractivity contribution is 0.249. The maximum absolute atomic E-state index is 9.35. The number of nitrogens with two attached hydrogens (primary N) is 2. The summed E-state index contributed by atoms with van der Waals surface area (Å²) in [5.41, 5.74) is 10.4. The number of thioether (sulfide) groups is 1. The van der Waals surface area contributed by atoms with E-state index in [4.69, 9.17) is 4.99 Å². The van der Waals surface area contributed by atoms with Crippen molar-refractivity contribution in [3.63, 3.8) is 0 Å². The van der Waals surface area contributed by atoms with Crippen LogP contribution in [-0.4, -0.2) is 31.6 Å². The van der Waals surface area contributed by atoms with Crippen molar-refractivity contribution < 1.29 is 4.79 Å². The number of aromatic nitrogens is 3. The number of para-hydroxylation sites is 2. The molecule has 1 aromatic heterocycles. The van der Waals surface area contributed by atoms with Crippen LogP contribution in [0.1, 0.15) is 12.5 Å². The second-order valence-corrected chi connectivity index (χ2v) is 9.04. The van der Waals surface area contributed by atoms with Crippen LogP contribution in [0.5, 0.6) is 0 Å². The first-order chi connectivity index (χ1) is 19.1. The number of hydrogen-bond acceptors (Lipinski definition) is 6. The minimum Gasteiger partial charge on any atom is -0.351 e. The van der Waals surface area contributed by atoms with Gasteiger partial charge in [0.15, 0.2) is 5.82 Å². The average molecular weight is 538 g/mol. The van der Waals surface area contributed by atoms with Crippen molar-refractivity contribution in [2.45, 2.75) is 6.92 Å². The highest BCUT2D eigenvalue weighted by Crippen LogP contribution is 2.20. The van der Waals surface area contributed by atoms with E-state index in [-0.39, 0.29) is 0 Å². The minimum atomic E-state index is -0.718. The molecule has 5 rings (SSSR count). The highest BCUT2D eigenvalue weighted by atomic mass is 32.2. The van der Waals surface area contributed by atoms with Crippen LogP contribution in [0, 0.1) is 0 Å². The highest BCUT2D eigenvalue weighted by molar-refractivity contribution is 8.14. The monoisotopic (exact) mass is 537 g/mol. The van der Waals surface area contributed by atoms with Crippen molar-refractivity contribution in [2.75, 3.05) is 5.75 Å². The SMILES string of the molecule is CCSC(=Nc1ccccc1)c1ccccc1.NNC(N)=O.c1ccc(-c2nncn2-c2ccccc2)cc1. The van der Waals surface area contributed by atoms with Gasteiger partial charge in [-0.15, -0.1) is 22.0 Å². The number of urea groups is 1. The summed E-state index contributed by atoms with van der Waals surface area (Å²) in [6.45, 7) is 2.15. The van der Waals surface area contributed by atoms with E-state index in [2.05, 4.69) is 40.8 Å². The minimum absolute atomic E-state index is 0.718. The number of carbonyl (C=O) groups is 1. The van der Waals surface area contributed by atoms with Crippen LogP contribution < -0.4 is 17.0 Å². The van der Waals surface area contributed by atoms with Crippen LogP contribution in [0.3, 0.4) is 0 Å². The van der Waals surface area contributed by atoms with Gasteiger partial charge in [0.2, 0.25) is 0 Å². The van der Waals surface area contributed by atoms with Gasteiger partial charge in [-0.3, -0.25) is 9.99 Å². The topological polar surface area (TPSA) is 124 Å². The van der Waals surface area contributed by atoms with E-state index in [9.17, 15) is 4.79 Å². The molecule has 0 saturated carbocycles. The summed E-state index contributed by atoms with van der Waals surface area (Å²) in [6.07, 6.45) is 1.73. The van der Waals surface area contributed by atoms with Gasteiger partial charge < -0.3 is 5.73 Å². The number of nitrogens with one attached hydrogen (secondary N) is 1. The first-order valence-corrected chi connectivity index (χ1v) is 13.2. The Morgan fingerprint density at radius 1 is 0.846 bits per heavy atom. The van der Waals surface area contributed by atoms with Crippen LogP contribution in [0.25, 0.3) is 17.1 Å². The predicted octanol–water partition coefficient (Wildman–Crippen LogP) is 5.98. The number of aliphatic imine (C=N–C) groups is 1. The molecule has 0 spiro atoms. The number of nitrogens with zero attached hydrogens (tertiary/aromatic N) is 4. The zero-order chi connectivity index (χ0) is 27.7. The largest absolute Gasteiger partial charge is 0.351 e. The quantitative estimate of drug-likeness (QED) is 0.0836. The number of primary amides is 1. The summed E-state index contributed by atoms with van der Waals surface area (Å²) < 4.78 is 1.98. The van der Waals surface area contributed by atoms with Crippen molar-refractivity contribution in [3.8, 4) is 17.1 Å². The van der Waals surface area contributed by atoms with Crippen molar-refractivity contribution in [3.05, 3.63) is 133 Å². The summed E-state index contributed by atoms with van der Waals surface area (Å²) in [4.78, 5) is 14.1. The smallest absolute Gasteiger partial charge is 0.326 e. The Kier molecular flexibility index (Phi) is 12.0. The predicted molar refractivity (Wildman–Crippen MR) is 161 cm³/mol. The molecule has 0 bridgehead atoms. The molecule has 2 amide bonds. The normalized spacial score (nSPS) is 10.4. The van der Waals surface area contributed by atoms with Gasteiger partial charge in [-0.2, -0.15) is 0 Å². The third kappa shape index (κ3) is 9.58. The van der Waals surface area contributed by atoms with E-state index in [1.807, 2.05) is 114 Å². The van der Waals surface area contributed by atoms with Crippen LogP contribution in [0.15, 0.2) is 133 Å². The van der Waals surface area contributed by atoms with E-state index in [1.165, 1.54) is 5.56 Å². The molecule has 5 aromatic rings. The molecule has 0 unspecified atom stereocenters. The molecule has 8 nitrogen and oxygen atoms in total. The maximum Gasteiger partial charge on any atom is 0.326 e. The Bertz CT molecular complexity index is 1360. The first-order valence-electron chi connectivity index (χ1n) is 12.2. The second-order valence-electron chi connectivity index (χ2n) is 7.79. The summed E-state index contributed by atoms with van der Waals surface area (Å²) >= 11 is 1.77. The maximum atomic E-state index is 9.35. The van der Waals surface area contributed by atoms with Gasteiger partial charge in [-0.25, -0.2) is 15.6 Å². The molecule has 5 N–H and O–H groups in total. The molecule has 0 saturated heterocycles. The van der Waals surface area contributed by atoms with Gasteiger partial charge in [0.1, 0.15) is 11.4 Å². The Labute approximate surface area is 232 Å². The lowest BCUT2D eigenvalue weighted by Crippen LogP contribution is -2.34. The molecule has 9 heteroatoms. The molecule has 39 heavy (non-hydrogen) atoms. The molecule has 0 atom stereocenters. The molecular formula is C30H31N7OS. The number of hydrazine groups is 1. The molecule has 0 aliphatic rings. The summed E-state index contributed by atoms with van der Waals surface area (Å²) in [5.74, 6) is 6.33. The van der Waals surface area contributed by atoms with E-state index < -0.39 is 6.03 Å². The van der Waals surface area contributed by atoms with E-state index in [0.29, 0.717) is 0 Å². The molecule has 4 aromatic carbocycles. The fraction of sp³-hybridized carbons (Fsp3) is 0.0667. The lowest BCUT2D eigenvalue weighted by Gasteiger charge is -2.05. The van der Waals surface area contributed by atoms with Gasteiger partial charge in [0, 0.05) is 16.8 Å². The summed E-state index contributed by atoms with van der Waals surface area (Å²) in [7, 11) is 0. The number of benzene rings is 4. The summed E-state index contributed by atoms with van der Waals surface area (Å²) in [6, 6.07) is 39.8. The highest BCUT2D eigenvalue weighted by Gasteiger charge is 2.07. The van der Waals surface area contributed by atoms with Gasteiger partial charge in [0.25, 0.3) is 0 Å². The van der Waals surface area contributed by atoms with E-state index >= 15 is 0 Å². The first kappa shape index (κ1) is 28.8. The van der Waals surface area contributed by atoms with Crippen LogP contribution in [0.2, 0.25) is 0 Å². The zero-order valence-electron chi connectivity index (χ0n) is 21.6. The lowest BCUT2D eigenvalue weighted by atomic mass is 10.2.